The van der Waals surface area contributed by atoms with Crippen molar-refractivity contribution < 1.29 is 9.84 Å². The monoisotopic (exact) mass is 213 g/mol. The molecule has 0 saturated carbocycles. The third-order valence-electron chi connectivity index (χ3n) is 2.80. The summed E-state index contributed by atoms with van der Waals surface area (Å²) in [7, 11) is 0. The second-order valence-corrected chi connectivity index (χ2v) is 4.48. The third-order valence-corrected chi connectivity index (χ3v) is 3.39. The average Bonchev–Trinajstić information content (AvgIpc) is 2.71. The molecule has 1 saturated heterocycles. The Morgan fingerprint density at radius 1 is 1.79 bits per heavy atom. The Bertz CT molecular complexity index is 288. The van der Waals surface area contributed by atoms with Gasteiger partial charge >= 0.3 is 0 Å². The Hall–Kier alpha value is -0.450. The van der Waals surface area contributed by atoms with Gasteiger partial charge in [0.05, 0.1) is 23.9 Å². The molecule has 0 aliphatic carbocycles. The molecule has 0 bridgehead atoms. The zero-order valence-corrected chi connectivity index (χ0v) is 9.09. The van der Waals surface area contributed by atoms with E-state index in [9.17, 15) is 5.11 Å². The molecule has 14 heavy (non-hydrogen) atoms. The molecule has 1 aliphatic rings. The van der Waals surface area contributed by atoms with Crippen LogP contribution in [0.5, 0.6) is 0 Å². The first-order chi connectivity index (χ1) is 6.74. The van der Waals surface area contributed by atoms with Crippen LogP contribution < -0.4 is 0 Å². The van der Waals surface area contributed by atoms with Crippen molar-refractivity contribution in [2.24, 2.45) is 0 Å². The lowest BCUT2D eigenvalue weighted by atomic mass is 9.87. The highest BCUT2D eigenvalue weighted by Gasteiger charge is 2.37. The minimum Gasteiger partial charge on any atom is -0.383 e. The highest BCUT2D eigenvalue weighted by atomic mass is 32.1. The Labute approximate surface area is 87.7 Å². The van der Waals surface area contributed by atoms with Crippen LogP contribution in [0.1, 0.15) is 31.9 Å². The Morgan fingerprint density at radius 3 is 3.29 bits per heavy atom. The summed E-state index contributed by atoms with van der Waals surface area (Å²) in [5.41, 5.74) is 1.83. The predicted molar refractivity (Wildman–Crippen MR) is 55.3 cm³/mol. The van der Waals surface area contributed by atoms with Gasteiger partial charge in [0.2, 0.25) is 0 Å². The van der Waals surface area contributed by atoms with Crippen LogP contribution in [0.4, 0.5) is 0 Å². The van der Waals surface area contributed by atoms with Gasteiger partial charge in [-0.3, -0.25) is 0 Å². The van der Waals surface area contributed by atoms with Gasteiger partial charge in [0.25, 0.3) is 0 Å². The van der Waals surface area contributed by atoms with Gasteiger partial charge in [-0.25, -0.2) is 4.98 Å². The van der Waals surface area contributed by atoms with E-state index >= 15 is 0 Å². The summed E-state index contributed by atoms with van der Waals surface area (Å²) in [4.78, 5) is 4.19. The van der Waals surface area contributed by atoms with Crippen molar-refractivity contribution in [2.45, 2.75) is 37.9 Å². The molecule has 0 aromatic carbocycles. The lowest BCUT2D eigenvalue weighted by Crippen LogP contribution is -2.38. The van der Waals surface area contributed by atoms with Gasteiger partial charge in [-0.1, -0.05) is 6.92 Å². The van der Waals surface area contributed by atoms with E-state index in [0.717, 1.165) is 12.1 Å². The number of thiazole rings is 1. The Morgan fingerprint density at radius 2 is 2.64 bits per heavy atom. The first kappa shape index (κ1) is 10.1. The number of ether oxygens (including phenoxy) is 1. The van der Waals surface area contributed by atoms with E-state index in [4.69, 9.17) is 4.74 Å². The second kappa shape index (κ2) is 3.96. The summed E-state index contributed by atoms with van der Waals surface area (Å²) < 4.78 is 5.54. The molecule has 2 atom stereocenters. The van der Waals surface area contributed by atoms with Gasteiger partial charge in [-0.05, 0) is 6.42 Å². The van der Waals surface area contributed by atoms with Crippen LogP contribution >= 0.6 is 11.3 Å². The summed E-state index contributed by atoms with van der Waals surface area (Å²) in [6.07, 6.45) is 2.46. The fourth-order valence-electron chi connectivity index (χ4n) is 1.87. The van der Waals surface area contributed by atoms with E-state index in [1.54, 1.807) is 5.51 Å². The molecule has 1 aromatic rings. The maximum absolute atomic E-state index is 10.4. The molecular formula is C10H15NO2S. The van der Waals surface area contributed by atoms with Crippen molar-refractivity contribution in [3.8, 4) is 0 Å². The largest absolute Gasteiger partial charge is 0.383 e. The molecular weight excluding hydrogens is 198 g/mol. The van der Waals surface area contributed by atoms with Crippen molar-refractivity contribution in [2.75, 3.05) is 6.61 Å². The van der Waals surface area contributed by atoms with Crippen LogP contribution in [0, 0.1) is 0 Å². The van der Waals surface area contributed by atoms with Crippen LogP contribution in [0.2, 0.25) is 0 Å². The molecule has 1 N–H and O–H groups in total. The van der Waals surface area contributed by atoms with E-state index in [1.807, 2.05) is 5.38 Å². The van der Waals surface area contributed by atoms with Crippen molar-refractivity contribution in [3.63, 3.8) is 0 Å². The lowest BCUT2D eigenvalue weighted by molar-refractivity contribution is -0.110. The highest BCUT2D eigenvalue weighted by Crippen LogP contribution is 2.34. The molecule has 1 aromatic heterocycles. The zero-order valence-electron chi connectivity index (χ0n) is 8.27. The highest BCUT2D eigenvalue weighted by molar-refractivity contribution is 7.07. The second-order valence-electron chi connectivity index (χ2n) is 3.76. The van der Waals surface area contributed by atoms with Crippen LogP contribution in [0.25, 0.3) is 0 Å². The third kappa shape index (κ3) is 1.82. The topological polar surface area (TPSA) is 42.4 Å². The Balaban J connectivity index is 2.15. The minimum absolute atomic E-state index is 0.176. The van der Waals surface area contributed by atoms with Crippen molar-refractivity contribution >= 4 is 11.3 Å². The molecule has 2 unspecified atom stereocenters. The van der Waals surface area contributed by atoms with E-state index in [2.05, 4.69) is 11.9 Å². The SMILES string of the molecule is CCC1CC(O)(c2cscn2)CCO1. The predicted octanol–water partition coefficient (Wildman–Crippen LogP) is 1.92. The summed E-state index contributed by atoms with van der Waals surface area (Å²) in [5, 5.41) is 12.3. The quantitative estimate of drug-likeness (QED) is 0.816. The smallest absolute Gasteiger partial charge is 0.112 e. The maximum Gasteiger partial charge on any atom is 0.112 e. The van der Waals surface area contributed by atoms with Crippen LogP contribution in [0.3, 0.4) is 0 Å². The fraction of sp³-hybridized carbons (Fsp3) is 0.700. The summed E-state index contributed by atoms with van der Waals surface area (Å²) >= 11 is 1.53. The first-order valence-electron chi connectivity index (χ1n) is 4.97. The zero-order chi connectivity index (χ0) is 10.0. The molecule has 1 aliphatic heterocycles. The average molecular weight is 213 g/mol. The molecule has 0 amide bonds. The van der Waals surface area contributed by atoms with Gasteiger partial charge in [-0.2, -0.15) is 0 Å². The number of aromatic nitrogens is 1. The minimum atomic E-state index is -0.751. The molecule has 0 radical (unpaired) electrons. The van der Waals surface area contributed by atoms with Crippen molar-refractivity contribution in [1.82, 2.24) is 4.98 Å². The standard InChI is InChI=1S/C10H15NO2S/c1-2-8-5-10(12,3-4-13-8)9-6-14-7-11-9/h6-8,12H,2-5H2,1H3. The molecule has 2 heterocycles. The van der Waals surface area contributed by atoms with E-state index in [-0.39, 0.29) is 6.10 Å². The number of hydrogen-bond donors (Lipinski definition) is 1. The molecule has 3 nitrogen and oxygen atoms in total. The van der Waals surface area contributed by atoms with E-state index in [1.165, 1.54) is 11.3 Å². The fourth-order valence-corrected chi connectivity index (χ4v) is 2.51. The number of aliphatic hydroxyl groups is 1. The number of nitrogens with zero attached hydrogens (tertiary/aromatic N) is 1. The van der Waals surface area contributed by atoms with Gasteiger partial charge in [0.15, 0.2) is 0 Å². The molecule has 78 valence electrons. The maximum atomic E-state index is 10.4. The van der Waals surface area contributed by atoms with E-state index in [0.29, 0.717) is 19.4 Å². The van der Waals surface area contributed by atoms with E-state index < -0.39 is 5.60 Å². The van der Waals surface area contributed by atoms with Crippen molar-refractivity contribution in [3.05, 3.63) is 16.6 Å². The first-order valence-corrected chi connectivity index (χ1v) is 5.91. The van der Waals surface area contributed by atoms with Crippen molar-refractivity contribution in [1.29, 1.82) is 0 Å². The van der Waals surface area contributed by atoms with Gasteiger partial charge in [0, 0.05) is 18.2 Å². The van der Waals surface area contributed by atoms with Gasteiger partial charge < -0.3 is 9.84 Å². The molecule has 1 fully saturated rings. The number of rotatable bonds is 2. The van der Waals surface area contributed by atoms with Gasteiger partial charge in [0.1, 0.15) is 5.60 Å². The Kier molecular flexibility index (Phi) is 2.85. The van der Waals surface area contributed by atoms with Crippen LogP contribution in [-0.4, -0.2) is 22.8 Å². The van der Waals surface area contributed by atoms with Crippen LogP contribution in [0.15, 0.2) is 10.9 Å². The summed E-state index contributed by atoms with van der Waals surface area (Å²) in [5.74, 6) is 0. The van der Waals surface area contributed by atoms with Gasteiger partial charge in [-0.15, -0.1) is 11.3 Å². The molecule has 0 spiro atoms. The van der Waals surface area contributed by atoms with Crippen LogP contribution in [-0.2, 0) is 10.3 Å². The molecule has 2 rings (SSSR count). The summed E-state index contributed by atoms with van der Waals surface area (Å²) in [6, 6.07) is 0. The normalized spacial score (nSPS) is 33.1. The number of hydrogen-bond acceptors (Lipinski definition) is 4. The molecule has 4 heteroatoms. The lowest BCUT2D eigenvalue weighted by Gasteiger charge is -2.35. The summed E-state index contributed by atoms with van der Waals surface area (Å²) in [6.45, 7) is 2.71.